The summed E-state index contributed by atoms with van der Waals surface area (Å²) in [7, 11) is -2.75. The van der Waals surface area contributed by atoms with E-state index in [1.165, 1.54) is 0 Å². The van der Waals surface area contributed by atoms with Gasteiger partial charge in [-0.15, -0.1) is 0 Å². The lowest BCUT2D eigenvalue weighted by atomic mass is 10.0. The van der Waals surface area contributed by atoms with Crippen molar-refractivity contribution in [3.8, 4) is 5.75 Å². The highest BCUT2D eigenvalue weighted by atomic mass is 32.2. The van der Waals surface area contributed by atoms with Gasteiger partial charge in [0.05, 0.1) is 11.5 Å². The Labute approximate surface area is 102 Å². The van der Waals surface area contributed by atoms with Gasteiger partial charge in [0.15, 0.2) is 9.84 Å². The predicted octanol–water partition coefficient (Wildman–Crippen LogP) is 0.882. The van der Waals surface area contributed by atoms with Crippen LogP contribution in [-0.4, -0.2) is 37.6 Å². The van der Waals surface area contributed by atoms with Crippen LogP contribution in [0.25, 0.3) is 0 Å². The molecule has 1 aliphatic rings. The van der Waals surface area contributed by atoms with Gasteiger partial charge in [0.1, 0.15) is 5.75 Å². The van der Waals surface area contributed by atoms with Crippen molar-refractivity contribution < 1.29 is 13.5 Å². The molecular weight excluding hydrogens is 238 g/mol. The molecule has 0 aromatic heterocycles. The number of rotatable bonds is 4. The molecule has 1 aromatic carbocycles. The zero-order chi connectivity index (χ0) is 12.5. The number of hydrogen-bond acceptors (Lipinski definition) is 4. The Kier molecular flexibility index (Phi) is 3.40. The van der Waals surface area contributed by atoms with Gasteiger partial charge in [-0.05, 0) is 23.6 Å². The van der Waals surface area contributed by atoms with E-state index in [0.717, 1.165) is 12.1 Å². The van der Waals surface area contributed by atoms with Crippen LogP contribution in [0, 0.1) is 0 Å². The first-order valence-electron chi connectivity index (χ1n) is 5.69. The molecule has 94 valence electrons. The van der Waals surface area contributed by atoms with Crippen molar-refractivity contribution in [1.82, 2.24) is 5.32 Å². The summed E-state index contributed by atoms with van der Waals surface area (Å²) in [4.78, 5) is 0. The largest absolute Gasteiger partial charge is 0.508 e. The molecule has 17 heavy (non-hydrogen) atoms. The molecule has 1 aromatic rings. The molecule has 0 aliphatic carbocycles. The monoisotopic (exact) mass is 255 g/mol. The summed E-state index contributed by atoms with van der Waals surface area (Å²) in [6, 6.07) is 7.25. The Hall–Kier alpha value is -1.07. The molecule has 2 rings (SSSR count). The molecule has 1 saturated heterocycles. The average Bonchev–Trinajstić information content (AvgIpc) is 2.23. The highest BCUT2D eigenvalue weighted by molar-refractivity contribution is 7.92. The van der Waals surface area contributed by atoms with Crippen molar-refractivity contribution in [3.05, 3.63) is 29.8 Å². The third-order valence-corrected chi connectivity index (χ3v) is 4.88. The number of sulfone groups is 1. The Morgan fingerprint density at radius 2 is 2.18 bits per heavy atom. The Bertz CT molecular complexity index is 486. The van der Waals surface area contributed by atoms with Crippen molar-refractivity contribution in [2.75, 3.05) is 18.1 Å². The van der Waals surface area contributed by atoms with Crippen LogP contribution in [0.15, 0.2) is 24.3 Å². The van der Waals surface area contributed by atoms with Gasteiger partial charge in [-0.3, -0.25) is 0 Å². The van der Waals surface area contributed by atoms with Crippen LogP contribution in [0.3, 0.4) is 0 Å². The van der Waals surface area contributed by atoms with E-state index in [0.29, 0.717) is 0 Å². The number of nitrogens with one attached hydrogen (secondary N) is 1. The highest BCUT2D eigenvalue weighted by Crippen LogP contribution is 2.20. The van der Waals surface area contributed by atoms with Gasteiger partial charge >= 0.3 is 0 Å². The third kappa shape index (κ3) is 3.20. The summed E-state index contributed by atoms with van der Waals surface area (Å²) in [5.74, 6) is 1.02. The van der Waals surface area contributed by atoms with E-state index in [1.807, 2.05) is 12.1 Å². The summed E-state index contributed by atoms with van der Waals surface area (Å²) in [5.41, 5.74) is 1.06. The number of phenolic OH excluding ortho intramolecular Hbond substituents is 1. The van der Waals surface area contributed by atoms with Crippen molar-refractivity contribution in [3.63, 3.8) is 0 Å². The second kappa shape index (κ2) is 4.66. The number of phenols is 1. The molecule has 1 fully saturated rings. The van der Waals surface area contributed by atoms with E-state index in [-0.39, 0.29) is 29.2 Å². The van der Waals surface area contributed by atoms with Crippen LogP contribution in [0.1, 0.15) is 18.4 Å². The number of hydrogen-bond donors (Lipinski definition) is 2. The lowest BCUT2D eigenvalue weighted by Gasteiger charge is -2.28. The molecule has 1 heterocycles. The molecule has 4 nitrogen and oxygen atoms in total. The quantitative estimate of drug-likeness (QED) is 0.838. The van der Waals surface area contributed by atoms with Crippen LogP contribution < -0.4 is 5.32 Å². The predicted molar refractivity (Wildman–Crippen MR) is 67.0 cm³/mol. The fourth-order valence-electron chi connectivity index (χ4n) is 1.97. The second-order valence-electron chi connectivity index (χ2n) is 4.68. The van der Waals surface area contributed by atoms with Gasteiger partial charge in [0.2, 0.25) is 0 Å². The van der Waals surface area contributed by atoms with Crippen molar-refractivity contribution in [2.24, 2.45) is 0 Å². The molecular formula is C12H17NO3S. The van der Waals surface area contributed by atoms with E-state index < -0.39 is 9.84 Å². The van der Waals surface area contributed by atoms with Crippen molar-refractivity contribution >= 4 is 9.84 Å². The minimum atomic E-state index is -2.75. The fraction of sp³-hybridized carbons (Fsp3) is 0.500. The summed E-state index contributed by atoms with van der Waals surface area (Å²) in [5, 5.41) is 12.6. The number of aromatic hydroxyl groups is 1. The van der Waals surface area contributed by atoms with Gasteiger partial charge in [-0.25, -0.2) is 8.42 Å². The van der Waals surface area contributed by atoms with E-state index in [2.05, 4.69) is 12.2 Å². The van der Waals surface area contributed by atoms with Crippen molar-refractivity contribution in [1.29, 1.82) is 0 Å². The minimum Gasteiger partial charge on any atom is -0.508 e. The maximum absolute atomic E-state index is 11.0. The fourth-order valence-corrected chi connectivity index (χ4v) is 3.34. The van der Waals surface area contributed by atoms with Crippen LogP contribution in [0.5, 0.6) is 5.75 Å². The number of benzene rings is 1. The maximum Gasteiger partial charge on any atom is 0.153 e. The summed E-state index contributed by atoms with van der Waals surface area (Å²) < 4.78 is 22.0. The molecule has 2 N–H and O–H groups in total. The van der Waals surface area contributed by atoms with E-state index in [9.17, 15) is 13.5 Å². The van der Waals surface area contributed by atoms with Gasteiger partial charge < -0.3 is 10.4 Å². The normalized spacial score (nSPS) is 20.8. The molecule has 0 amide bonds. The van der Waals surface area contributed by atoms with Crippen LogP contribution in [-0.2, 0) is 9.84 Å². The first-order chi connectivity index (χ1) is 7.96. The van der Waals surface area contributed by atoms with Crippen LogP contribution in [0.2, 0.25) is 0 Å². The smallest absolute Gasteiger partial charge is 0.153 e. The zero-order valence-electron chi connectivity index (χ0n) is 9.76. The van der Waals surface area contributed by atoms with E-state index >= 15 is 0 Å². The highest BCUT2D eigenvalue weighted by Gasteiger charge is 2.32. The van der Waals surface area contributed by atoms with Crippen LogP contribution >= 0.6 is 0 Å². The molecule has 1 aliphatic heterocycles. The molecule has 1 atom stereocenters. The summed E-state index contributed by atoms with van der Waals surface area (Å²) in [6.45, 7) is 2.78. The summed E-state index contributed by atoms with van der Waals surface area (Å²) >= 11 is 0. The first kappa shape index (κ1) is 12.4. The van der Waals surface area contributed by atoms with Crippen molar-refractivity contribution in [2.45, 2.75) is 18.9 Å². The Morgan fingerprint density at radius 3 is 2.76 bits per heavy atom. The summed E-state index contributed by atoms with van der Waals surface area (Å²) in [6.07, 6.45) is 0. The maximum atomic E-state index is 11.0. The van der Waals surface area contributed by atoms with Gasteiger partial charge in [-0.1, -0.05) is 19.1 Å². The molecule has 5 heteroatoms. The Morgan fingerprint density at radius 1 is 1.47 bits per heavy atom. The molecule has 1 unspecified atom stereocenters. The van der Waals surface area contributed by atoms with Gasteiger partial charge in [-0.2, -0.15) is 0 Å². The molecule has 0 saturated carbocycles. The lowest BCUT2D eigenvalue weighted by Crippen LogP contribution is -2.51. The van der Waals surface area contributed by atoms with Crippen LogP contribution in [0.4, 0.5) is 0 Å². The van der Waals surface area contributed by atoms with E-state index in [4.69, 9.17) is 0 Å². The van der Waals surface area contributed by atoms with Gasteiger partial charge in [0.25, 0.3) is 0 Å². The average molecular weight is 255 g/mol. The lowest BCUT2D eigenvalue weighted by molar-refractivity contribution is 0.472. The minimum absolute atomic E-state index is 0.0970. The third-order valence-electron chi connectivity index (χ3n) is 3.06. The topological polar surface area (TPSA) is 66.4 Å². The SMILES string of the molecule is CC(CNC1CS(=O)(=O)C1)c1cccc(O)c1. The zero-order valence-corrected chi connectivity index (χ0v) is 10.6. The second-order valence-corrected chi connectivity index (χ2v) is 6.83. The Balaban J connectivity index is 1.84. The molecule has 0 radical (unpaired) electrons. The van der Waals surface area contributed by atoms with Gasteiger partial charge in [0, 0.05) is 12.6 Å². The first-order valence-corrected chi connectivity index (χ1v) is 7.51. The molecule has 0 spiro atoms. The standard InChI is InChI=1S/C12H17NO3S/c1-9(10-3-2-4-12(14)5-10)6-13-11-7-17(15,16)8-11/h2-5,9,11,13-14H,6-8H2,1H3. The van der Waals surface area contributed by atoms with E-state index in [1.54, 1.807) is 12.1 Å². The molecule has 0 bridgehead atoms.